The molecule has 1 unspecified atom stereocenters. The minimum Gasteiger partial charge on any atom is -0.462 e. The third-order valence-electron chi connectivity index (χ3n) is 13.5. The van der Waals surface area contributed by atoms with Gasteiger partial charge in [-0.25, -0.2) is 0 Å². The second-order valence-corrected chi connectivity index (χ2v) is 20.3. The molecule has 0 fully saturated rings. The van der Waals surface area contributed by atoms with E-state index in [9.17, 15) is 14.4 Å². The normalized spacial score (nSPS) is 12.1. The number of ether oxygens (including phenoxy) is 3. The van der Waals surface area contributed by atoms with Crippen LogP contribution in [0.5, 0.6) is 0 Å². The van der Waals surface area contributed by atoms with Crippen LogP contribution in [0, 0.1) is 0 Å². The molecule has 6 heteroatoms. The molecule has 0 aromatic heterocycles. The summed E-state index contributed by atoms with van der Waals surface area (Å²) in [4.78, 5) is 37.8. The lowest BCUT2D eigenvalue weighted by Crippen LogP contribution is -2.30. The molecule has 1 atom stereocenters. The molecule has 6 nitrogen and oxygen atoms in total. The van der Waals surface area contributed by atoms with Gasteiger partial charge in [-0.1, -0.05) is 289 Å². The number of hydrogen-bond donors (Lipinski definition) is 0. The van der Waals surface area contributed by atoms with Gasteiger partial charge in [-0.15, -0.1) is 0 Å². The first-order valence-corrected chi connectivity index (χ1v) is 29.8. The molecule has 67 heavy (non-hydrogen) atoms. The summed E-state index contributed by atoms with van der Waals surface area (Å²) in [6.07, 6.45) is 66.6. The zero-order valence-corrected chi connectivity index (χ0v) is 45.2. The molecule has 0 aromatic carbocycles. The molecule has 0 saturated carbocycles. The second kappa shape index (κ2) is 56.5. The van der Waals surface area contributed by atoms with Crippen molar-refractivity contribution in [2.75, 3.05) is 13.2 Å². The third-order valence-corrected chi connectivity index (χ3v) is 13.5. The van der Waals surface area contributed by atoms with Gasteiger partial charge in [-0.3, -0.25) is 14.4 Å². The van der Waals surface area contributed by atoms with Gasteiger partial charge in [0.2, 0.25) is 0 Å². The van der Waals surface area contributed by atoms with Crippen LogP contribution in [0.4, 0.5) is 0 Å². The van der Waals surface area contributed by atoms with E-state index in [0.29, 0.717) is 19.3 Å². The van der Waals surface area contributed by atoms with Crippen LogP contribution in [-0.2, 0) is 28.6 Å². The van der Waals surface area contributed by atoms with Crippen LogP contribution in [0.2, 0.25) is 0 Å². The van der Waals surface area contributed by atoms with E-state index in [4.69, 9.17) is 14.2 Å². The number of unbranched alkanes of at least 4 members (excludes halogenated alkanes) is 40. The Morgan fingerprint density at radius 2 is 0.552 bits per heavy atom. The topological polar surface area (TPSA) is 78.9 Å². The number of allylic oxidation sites excluding steroid dienone is 4. The molecule has 0 N–H and O–H groups in total. The Bertz CT molecular complexity index is 1080. The number of carbonyl (C=O) groups is 3. The quantitative estimate of drug-likeness (QED) is 0.0262. The number of esters is 3. The van der Waals surface area contributed by atoms with E-state index >= 15 is 0 Å². The Labute approximate surface area is 417 Å². The zero-order valence-electron chi connectivity index (χ0n) is 45.2. The van der Waals surface area contributed by atoms with Crippen molar-refractivity contribution in [1.29, 1.82) is 0 Å². The van der Waals surface area contributed by atoms with E-state index in [1.807, 2.05) is 0 Å². The van der Waals surface area contributed by atoms with Crippen LogP contribution >= 0.6 is 0 Å². The number of carbonyl (C=O) groups excluding carboxylic acids is 3. The van der Waals surface area contributed by atoms with Gasteiger partial charge in [-0.2, -0.15) is 0 Å². The molecular weight excluding hydrogens is 829 g/mol. The van der Waals surface area contributed by atoms with Crippen molar-refractivity contribution in [1.82, 2.24) is 0 Å². The highest BCUT2D eigenvalue weighted by molar-refractivity contribution is 5.71. The Morgan fingerprint density at radius 3 is 0.866 bits per heavy atom. The van der Waals surface area contributed by atoms with Crippen LogP contribution < -0.4 is 0 Å². The highest BCUT2D eigenvalue weighted by atomic mass is 16.6. The van der Waals surface area contributed by atoms with E-state index in [2.05, 4.69) is 45.1 Å². The Balaban J connectivity index is 3.96. The first kappa shape index (κ1) is 64.9. The smallest absolute Gasteiger partial charge is 0.306 e. The predicted molar refractivity (Wildman–Crippen MR) is 289 cm³/mol. The van der Waals surface area contributed by atoms with E-state index in [-0.39, 0.29) is 31.1 Å². The third kappa shape index (κ3) is 54.7. The zero-order chi connectivity index (χ0) is 48.6. The molecular formula is C61H114O6. The Hall–Kier alpha value is -2.11. The summed E-state index contributed by atoms with van der Waals surface area (Å²) in [5.41, 5.74) is 0. The summed E-state index contributed by atoms with van der Waals surface area (Å²) in [6.45, 7) is 6.57. The maximum absolute atomic E-state index is 12.8. The summed E-state index contributed by atoms with van der Waals surface area (Å²) in [7, 11) is 0. The maximum atomic E-state index is 12.8. The number of rotatable bonds is 55. The largest absolute Gasteiger partial charge is 0.462 e. The van der Waals surface area contributed by atoms with Gasteiger partial charge in [0.05, 0.1) is 0 Å². The molecule has 0 amide bonds. The first-order chi connectivity index (χ1) is 33.0. The van der Waals surface area contributed by atoms with E-state index in [1.54, 1.807) is 0 Å². The molecule has 0 spiro atoms. The average Bonchev–Trinajstić information content (AvgIpc) is 3.33. The Kier molecular flexibility index (Phi) is 54.7. The molecule has 0 heterocycles. The van der Waals surface area contributed by atoms with Crippen molar-refractivity contribution in [3.8, 4) is 0 Å². The fraction of sp³-hybridized carbons (Fsp3) is 0.885. The van der Waals surface area contributed by atoms with Gasteiger partial charge in [-0.05, 0) is 44.9 Å². The van der Waals surface area contributed by atoms with E-state index < -0.39 is 6.10 Å². The molecule has 0 bridgehead atoms. The van der Waals surface area contributed by atoms with E-state index in [1.165, 1.54) is 205 Å². The van der Waals surface area contributed by atoms with Gasteiger partial charge in [0.15, 0.2) is 6.10 Å². The van der Waals surface area contributed by atoms with Gasteiger partial charge >= 0.3 is 17.9 Å². The lowest BCUT2D eigenvalue weighted by Gasteiger charge is -2.18. The molecule has 394 valence electrons. The summed E-state index contributed by atoms with van der Waals surface area (Å²) >= 11 is 0. The van der Waals surface area contributed by atoms with Crippen LogP contribution in [0.1, 0.15) is 329 Å². The fourth-order valence-corrected chi connectivity index (χ4v) is 8.93. The van der Waals surface area contributed by atoms with Crippen LogP contribution in [0.3, 0.4) is 0 Å². The summed E-state index contributed by atoms with van der Waals surface area (Å²) in [5, 5.41) is 0. The summed E-state index contributed by atoms with van der Waals surface area (Å²) in [6, 6.07) is 0. The van der Waals surface area contributed by atoms with Crippen LogP contribution in [-0.4, -0.2) is 37.2 Å². The minimum absolute atomic E-state index is 0.0729. The van der Waals surface area contributed by atoms with Gasteiger partial charge in [0.1, 0.15) is 13.2 Å². The first-order valence-electron chi connectivity index (χ1n) is 29.8. The van der Waals surface area contributed by atoms with E-state index in [0.717, 1.165) is 83.5 Å². The van der Waals surface area contributed by atoms with Crippen molar-refractivity contribution < 1.29 is 28.6 Å². The predicted octanol–water partition coefficient (Wildman–Crippen LogP) is 19.9. The lowest BCUT2D eigenvalue weighted by molar-refractivity contribution is -0.167. The molecule has 0 rings (SSSR count). The highest BCUT2D eigenvalue weighted by Gasteiger charge is 2.19. The van der Waals surface area contributed by atoms with Crippen LogP contribution in [0.15, 0.2) is 24.3 Å². The molecule has 0 aromatic rings. The minimum atomic E-state index is -0.772. The van der Waals surface area contributed by atoms with Gasteiger partial charge < -0.3 is 14.2 Å². The summed E-state index contributed by atoms with van der Waals surface area (Å²) < 4.78 is 16.7. The van der Waals surface area contributed by atoms with Crippen LogP contribution in [0.25, 0.3) is 0 Å². The maximum Gasteiger partial charge on any atom is 0.306 e. The molecule has 0 saturated heterocycles. The van der Waals surface area contributed by atoms with Gasteiger partial charge in [0, 0.05) is 19.3 Å². The highest BCUT2D eigenvalue weighted by Crippen LogP contribution is 2.18. The Morgan fingerprint density at radius 1 is 0.299 bits per heavy atom. The molecule has 0 aliphatic carbocycles. The fourth-order valence-electron chi connectivity index (χ4n) is 8.93. The van der Waals surface area contributed by atoms with Crippen molar-refractivity contribution in [2.24, 2.45) is 0 Å². The SMILES string of the molecule is CCCC/C=C\C/C=C\CCCCCCCC(=O)OC(COC(=O)CCCCCCCC)COC(=O)CCCCCCCCCCCCCCCCCCCCCCCCCCCCCCC. The van der Waals surface area contributed by atoms with Crippen molar-refractivity contribution >= 4 is 17.9 Å². The van der Waals surface area contributed by atoms with Crippen molar-refractivity contribution in [3.63, 3.8) is 0 Å². The van der Waals surface area contributed by atoms with Crippen molar-refractivity contribution in [2.45, 2.75) is 335 Å². The second-order valence-electron chi connectivity index (χ2n) is 20.3. The average molecular weight is 944 g/mol. The van der Waals surface area contributed by atoms with Crippen molar-refractivity contribution in [3.05, 3.63) is 24.3 Å². The van der Waals surface area contributed by atoms with Gasteiger partial charge in [0.25, 0.3) is 0 Å². The monoisotopic (exact) mass is 943 g/mol. The summed E-state index contributed by atoms with van der Waals surface area (Å²) in [5.74, 6) is -0.881. The molecule has 0 aliphatic heterocycles. The standard InChI is InChI=1S/C61H114O6/c1-4-7-10-13-16-18-20-22-24-25-26-27-28-29-30-31-32-33-34-35-36-37-38-40-41-43-45-48-51-54-60(63)66-57-58(56-65-59(62)53-50-47-15-12-9-6-3)67-61(64)55-52-49-46-44-42-39-23-21-19-17-14-11-8-5-2/h14,17,21,23,58H,4-13,15-16,18-20,22,24-57H2,1-3H3/b17-14-,23-21-. The lowest BCUT2D eigenvalue weighted by atomic mass is 10.0. The number of hydrogen-bond acceptors (Lipinski definition) is 6. The molecule has 0 radical (unpaired) electrons. The molecule has 0 aliphatic rings.